The van der Waals surface area contributed by atoms with E-state index >= 15 is 0 Å². The van der Waals surface area contributed by atoms with Gasteiger partial charge in [-0.3, -0.25) is 14.6 Å². The normalized spacial score (nSPS) is 12.8. The van der Waals surface area contributed by atoms with Crippen LogP contribution in [0.4, 0.5) is 0 Å². The van der Waals surface area contributed by atoms with Crippen LogP contribution in [-0.4, -0.2) is 30.1 Å². The zero-order valence-corrected chi connectivity index (χ0v) is 11.7. The van der Waals surface area contributed by atoms with Crippen molar-refractivity contribution in [1.82, 2.24) is 0 Å². The Morgan fingerprint density at radius 2 is 1.71 bits per heavy atom. The molecular weight excluding hydrogens is 218 g/mol. The highest BCUT2D eigenvalue weighted by Crippen LogP contribution is 2.19. The largest absolute Gasteiger partial charge is 0.459 e. The topological polar surface area (TPSA) is 55.7 Å². The first-order valence-electron chi connectivity index (χ1n) is 5.76. The molecule has 4 nitrogen and oxygen atoms in total. The Morgan fingerprint density at radius 1 is 1.18 bits per heavy atom. The van der Waals surface area contributed by atoms with Gasteiger partial charge in [0.2, 0.25) is 0 Å². The molecule has 0 aliphatic rings. The molecule has 0 saturated heterocycles. The van der Waals surface area contributed by atoms with Crippen LogP contribution in [0.2, 0.25) is 0 Å². The lowest BCUT2D eigenvalue weighted by Gasteiger charge is -2.19. The van der Waals surface area contributed by atoms with E-state index in [1.165, 1.54) is 0 Å². The summed E-state index contributed by atoms with van der Waals surface area (Å²) in [4.78, 5) is 26.5. The lowest BCUT2D eigenvalue weighted by molar-refractivity contribution is -0.152. The van der Waals surface area contributed by atoms with E-state index in [1.54, 1.807) is 13.1 Å². The first kappa shape index (κ1) is 15.8. The van der Waals surface area contributed by atoms with Crippen molar-refractivity contribution in [3.8, 4) is 0 Å². The first-order valence-corrected chi connectivity index (χ1v) is 5.76. The minimum atomic E-state index is -0.481. The minimum Gasteiger partial charge on any atom is -0.459 e. The fraction of sp³-hybridized carbons (Fsp3) is 0.769. The highest BCUT2D eigenvalue weighted by Gasteiger charge is 2.22. The lowest BCUT2D eigenvalue weighted by Crippen LogP contribution is -2.25. The van der Waals surface area contributed by atoms with Crippen LogP contribution in [-0.2, 0) is 14.3 Å². The van der Waals surface area contributed by atoms with Gasteiger partial charge < -0.3 is 4.74 Å². The van der Waals surface area contributed by atoms with Gasteiger partial charge in [-0.2, -0.15) is 0 Å². The Balaban J connectivity index is 4.06. The van der Waals surface area contributed by atoms with Crippen LogP contribution in [0.5, 0.6) is 0 Å². The maximum Gasteiger partial charge on any atom is 0.328 e. The van der Waals surface area contributed by atoms with Gasteiger partial charge >= 0.3 is 5.97 Å². The monoisotopic (exact) mass is 241 g/mol. The predicted molar refractivity (Wildman–Crippen MR) is 68.3 cm³/mol. The second-order valence-electron chi connectivity index (χ2n) is 5.75. The number of rotatable bonds is 5. The van der Waals surface area contributed by atoms with Gasteiger partial charge in [-0.05, 0) is 34.1 Å². The number of aliphatic imine (C=N–C) groups is 1. The van der Waals surface area contributed by atoms with Crippen LogP contribution in [0.3, 0.4) is 0 Å². The Bertz CT molecular complexity index is 311. The van der Waals surface area contributed by atoms with Crippen molar-refractivity contribution in [2.75, 3.05) is 6.54 Å². The number of ketones is 1. The predicted octanol–water partition coefficient (Wildman–Crippen LogP) is 2.40. The van der Waals surface area contributed by atoms with Gasteiger partial charge in [0, 0.05) is 11.6 Å². The highest BCUT2D eigenvalue weighted by atomic mass is 16.6. The quantitative estimate of drug-likeness (QED) is 0.548. The van der Waals surface area contributed by atoms with E-state index < -0.39 is 11.0 Å². The SMILES string of the molecule is CC(=O)C(C)(C)CC=NCC(=O)OC(C)(C)C. The van der Waals surface area contributed by atoms with Gasteiger partial charge in [0.25, 0.3) is 0 Å². The van der Waals surface area contributed by atoms with Crippen molar-refractivity contribution in [2.24, 2.45) is 10.4 Å². The molecule has 0 aliphatic carbocycles. The number of carbonyl (C=O) groups excluding carboxylic acids is 2. The summed E-state index contributed by atoms with van der Waals surface area (Å²) in [5.41, 5.74) is -0.900. The number of Topliss-reactive ketones (excluding diaryl/α,β-unsaturated/α-hetero) is 1. The fourth-order valence-electron chi connectivity index (χ4n) is 0.949. The molecule has 0 fully saturated rings. The lowest BCUT2D eigenvalue weighted by atomic mass is 9.86. The van der Waals surface area contributed by atoms with Crippen molar-refractivity contribution in [3.05, 3.63) is 0 Å². The van der Waals surface area contributed by atoms with Gasteiger partial charge in [-0.15, -0.1) is 0 Å². The molecule has 0 unspecified atom stereocenters. The maximum atomic E-state index is 11.3. The summed E-state index contributed by atoms with van der Waals surface area (Å²) in [6.45, 7) is 10.7. The van der Waals surface area contributed by atoms with Gasteiger partial charge in [0.05, 0.1) is 0 Å². The van der Waals surface area contributed by atoms with E-state index in [0.29, 0.717) is 6.42 Å². The molecule has 4 heteroatoms. The molecule has 0 saturated carbocycles. The molecule has 0 heterocycles. The molecule has 0 rings (SSSR count). The third kappa shape index (κ3) is 7.66. The molecule has 98 valence electrons. The molecule has 0 radical (unpaired) electrons. The Morgan fingerprint density at radius 3 is 2.12 bits per heavy atom. The highest BCUT2D eigenvalue weighted by molar-refractivity contribution is 5.84. The van der Waals surface area contributed by atoms with Crippen LogP contribution in [0.1, 0.15) is 48.0 Å². The van der Waals surface area contributed by atoms with E-state index in [-0.39, 0.29) is 18.3 Å². The van der Waals surface area contributed by atoms with Crippen LogP contribution in [0.15, 0.2) is 4.99 Å². The molecule has 0 bridgehead atoms. The number of nitrogens with zero attached hydrogens (tertiary/aromatic N) is 1. The van der Waals surface area contributed by atoms with Gasteiger partial charge in [-0.1, -0.05) is 13.8 Å². The van der Waals surface area contributed by atoms with Crippen molar-refractivity contribution in [1.29, 1.82) is 0 Å². The molecule has 0 amide bonds. The van der Waals surface area contributed by atoms with Gasteiger partial charge in [0.15, 0.2) is 0 Å². The van der Waals surface area contributed by atoms with Crippen LogP contribution < -0.4 is 0 Å². The van der Waals surface area contributed by atoms with Crippen LogP contribution in [0, 0.1) is 5.41 Å². The molecular formula is C13H23NO3. The minimum absolute atomic E-state index is 0.00521. The Labute approximate surface area is 103 Å². The number of carbonyl (C=O) groups is 2. The smallest absolute Gasteiger partial charge is 0.328 e. The van der Waals surface area contributed by atoms with Crippen LogP contribution >= 0.6 is 0 Å². The third-order valence-corrected chi connectivity index (χ3v) is 2.32. The van der Waals surface area contributed by atoms with E-state index in [2.05, 4.69) is 4.99 Å². The number of ether oxygens (including phenoxy) is 1. The maximum absolute atomic E-state index is 11.3. The summed E-state index contributed by atoms with van der Waals surface area (Å²) >= 11 is 0. The summed E-state index contributed by atoms with van der Waals surface area (Å²) in [6, 6.07) is 0. The van der Waals surface area contributed by atoms with E-state index in [4.69, 9.17) is 4.74 Å². The van der Waals surface area contributed by atoms with Crippen molar-refractivity contribution < 1.29 is 14.3 Å². The molecule has 0 N–H and O–H groups in total. The second-order valence-corrected chi connectivity index (χ2v) is 5.75. The molecule has 17 heavy (non-hydrogen) atoms. The summed E-state index contributed by atoms with van der Waals surface area (Å²) in [5.74, 6) is -0.240. The second kappa shape index (κ2) is 5.94. The molecule has 0 spiro atoms. The average molecular weight is 241 g/mol. The van der Waals surface area contributed by atoms with E-state index in [1.807, 2.05) is 34.6 Å². The molecule has 0 atom stereocenters. The van der Waals surface area contributed by atoms with E-state index in [9.17, 15) is 9.59 Å². The van der Waals surface area contributed by atoms with Crippen molar-refractivity contribution >= 4 is 18.0 Å². The van der Waals surface area contributed by atoms with Crippen molar-refractivity contribution in [3.63, 3.8) is 0 Å². The zero-order valence-electron chi connectivity index (χ0n) is 11.7. The number of esters is 1. The summed E-state index contributed by atoms with van der Waals surface area (Å²) < 4.78 is 5.10. The molecule has 0 aromatic carbocycles. The fourth-order valence-corrected chi connectivity index (χ4v) is 0.949. The average Bonchev–Trinajstić information content (AvgIpc) is 2.09. The standard InChI is InChI=1S/C13H23NO3/c1-10(15)13(5,6)7-8-14-9-11(16)17-12(2,3)4/h8H,7,9H2,1-6H3. The molecule has 0 aromatic rings. The number of hydrogen-bond acceptors (Lipinski definition) is 4. The summed E-state index contributed by atoms with van der Waals surface area (Å²) in [7, 11) is 0. The Hall–Kier alpha value is -1.19. The summed E-state index contributed by atoms with van der Waals surface area (Å²) in [5, 5.41) is 0. The van der Waals surface area contributed by atoms with Crippen molar-refractivity contribution in [2.45, 2.75) is 53.6 Å². The molecule has 0 aromatic heterocycles. The van der Waals surface area contributed by atoms with E-state index in [0.717, 1.165) is 0 Å². The van der Waals surface area contributed by atoms with Gasteiger partial charge in [0.1, 0.15) is 17.9 Å². The Kier molecular flexibility index (Phi) is 5.52. The van der Waals surface area contributed by atoms with Crippen LogP contribution in [0.25, 0.3) is 0 Å². The molecule has 0 aliphatic heterocycles. The number of hydrogen-bond donors (Lipinski definition) is 0. The summed E-state index contributed by atoms with van der Waals surface area (Å²) in [6.07, 6.45) is 2.15. The first-order chi connectivity index (χ1) is 7.54. The third-order valence-electron chi connectivity index (χ3n) is 2.32. The zero-order chi connectivity index (χ0) is 13.7. The van der Waals surface area contributed by atoms with Gasteiger partial charge in [-0.25, -0.2) is 0 Å².